The summed E-state index contributed by atoms with van der Waals surface area (Å²) in [6.07, 6.45) is 1.38. The molecule has 0 unspecified atom stereocenters. The van der Waals surface area contributed by atoms with Crippen LogP contribution in [0.4, 0.5) is 0 Å². The normalized spacial score (nSPS) is 12.4. The number of hydrogen-bond donors (Lipinski definition) is 1. The van der Waals surface area contributed by atoms with E-state index in [-0.39, 0.29) is 6.61 Å². The fraction of sp³-hybridized carbons (Fsp3) is 0.156. The third kappa shape index (κ3) is 5.16. The molecule has 0 saturated heterocycles. The molecule has 1 atom stereocenters. The van der Waals surface area contributed by atoms with E-state index in [0.717, 1.165) is 38.2 Å². The summed E-state index contributed by atoms with van der Waals surface area (Å²) in [7, 11) is 0. The number of hydrogen-bond acceptors (Lipinski definition) is 3. The summed E-state index contributed by atoms with van der Waals surface area (Å²) < 4.78 is 9.15. The Bertz CT molecular complexity index is 1320. The molecule has 5 heteroatoms. The lowest BCUT2D eigenvalue weighted by Gasteiger charge is -2.38. The van der Waals surface area contributed by atoms with Crippen LogP contribution in [0.25, 0.3) is 0 Å². The molecule has 0 amide bonds. The van der Waals surface area contributed by atoms with Crippen LogP contribution in [0, 0.1) is 6.92 Å². The summed E-state index contributed by atoms with van der Waals surface area (Å²) in [5.74, 6) is 0.878. The number of aromatic nitrogens is 2. The molecule has 1 aromatic heterocycles. The van der Waals surface area contributed by atoms with Crippen molar-refractivity contribution in [2.75, 3.05) is 6.61 Å². The van der Waals surface area contributed by atoms with Crippen molar-refractivity contribution >= 4 is 15.9 Å². The first-order valence-corrected chi connectivity index (χ1v) is 13.1. The number of nitrogens with zero attached hydrogens (tertiary/aromatic N) is 2. The summed E-state index contributed by atoms with van der Waals surface area (Å²) in [4.78, 5) is 4.88. The largest absolute Gasteiger partial charge is 0.386 e. The molecule has 0 saturated carbocycles. The highest BCUT2D eigenvalue weighted by Gasteiger charge is 2.39. The minimum absolute atomic E-state index is 0.189. The van der Waals surface area contributed by atoms with E-state index in [1.54, 1.807) is 0 Å². The number of aliphatic hydroxyl groups excluding tert-OH is 1. The zero-order chi connectivity index (χ0) is 25.7. The van der Waals surface area contributed by atoms with Crippen molar-refractivity contribution in [1.82, 2.24) is 9.55 Å². The van der Waals surface area contributed by atoms with Crippen molar-refractivity contribution in [2.24, 2.45) is 0 Å². The maximum absolute atomic E-state index is 10.6. The molecule has 186 valence electrons. The molecule has 0 fully saturated rings. The van der Waals surface area contributed by atoms with Gasteiger partial charge in [-0.2, -0.15) is 0 Å². The number of halogens is 1. The molecule has 5 rings (SSSR count). The lowest BCUT2D eigenvalue weighted by molar-refractivity contribution is 0.0265. The van der Waals surface area contributed by atoms with Crippen LogP contribution in [0.15, 0.2) is 126 Å². The Labute approximate surface area is 226 Å². The van der Waals surface area contributed by atoms with Gasteiger partial charge in [-0.1, -0.05) is 119 Å². The van der Waals surface area contributed by atoms with Crippen LogP contribution in [0.1, 0.15) is 39.9 Å². The average Bonchev–Trinajstić information content (AvgIpc) is 3.31. The zero-order valence-electron chi connectivity index (χ0n) is 20.7. The van der Waals surface area contributed by atoms with Gasteiger partial charge >= 0.3 is 0 Å². The van der Waals surface area contributed by atoms with Crippen LogP contribution < -0.4 is 0 Å². The van der Waals surface area contributed by atoms with Crippen molar-refractivity contribution in [3.8, 4) is 0 Å². The van der Waals surface area contributed by atoms with E-state index in [9.17, 15) is 5.11 Å². The molecular formula is C32H29BrN2O2. The number of rotatable bonds is 9. The summed E-state index contributed by atoms with van der Waals surface area (Å²) in [6.45, 7) is 2.52. The highest BCUT2D eigenvalue weighted by Crippen LogP contribution is 2.41. The Kier molecular flexibility index (Phi) is 7.65. The molecule has 37 heavy (non-hydrogen) atoms. The van der Waals surface area contributed by atoms with Crippen LogP contribution in [0.5, 0.6) is 0 Å². The molecule has 0 bridgehead atoms. The Morgan fingerprint density at radius 2 is 1.27 bits per heavy atom. The number of aliphatic hydroxyl groups is 1. The summed E-state index contributed by atoms with van der Waals surface area (Å²) in [6, 6.07) is 39.2. The molecule has 0 radical (unpaired) electrons. The molecular weight excluding hydrogens is 524 g/mol. The molecule has 0 spiro atoms. The third-order valence-corrected chi connectivity index (χ3v) is 7.18. The Hall–Kier alpha value is -3.51. The fourth-order valence-electron chi connectivity index (χ4n) is 4.95. The van der Waals surface area contributed by atoms with E-state index in [1.807, 2.05) is 49.4 Å². The van der Waals surface area contributed by atoms with Gasteiger partial charge in [-0.25, -0.2) is 4.98 Å². The Morgan fingerprint density at radius 3 is 1.76 bits per heavy atom. The van der Waals surface area contributed by atoms with Crippen LogP contribution in [-0.2, 0) is 16.9 Å². The predicted octanol–water partition coefficient (Wildman–Crippen LogP) is 7.04. The molecule has 1 N–H and O–H groups in total. The lowest BCUT2D eigenvalue weighted by Crippen LogP contribution is -2.38. The van der Waals surface area contributed by atoms with E-state index in [0.29, 0.717) is 6.61 Å². The van der Waals surface area contributed by atoms with Gasteiger partial charge in [0.2, 0.25) is 0 Å². The van der Waals surface area contributed by atoms with Gasteiger partial charge in [0.1, 0.15) is 17.5 Å². The van der Waals surface area contributed by atoms with E-state index in [1.165, 1.54) is 0 Å². The van der Waals surface area contributed by atoms with Gasteiger partial charge in [-0.15, -0.1) is 0 Å². The van der Waals surface area contributed by atoms with Crippen molar-refractivity contribution in [1.29, 1.82) is 0 Å². The highest BCUT2D eigenvalue weighted by atomic mass is 79.9. The highest BCUT2D eigenvalue weighted by molar-refractivity contribution is 9.10. The average molecular weight is 554 g/mol. The van der Waals surface area contributed by atoms with Crippen LogP contribution >= 0.6 is 15.9 Å². The van der Waals surface area contributed by atoms with Gasteiger partial charge in [0, 0.05) is 10.7 Å². The molecule has 4 nitrogen and oxygen atoms in total. The van der Waals surface area contributed by atoms with Gasteiger partial charge in [0.15, 0.2) is 0 Å². The summed E-state index contributed by atoms with van der Waals surface area (Å²) >= 11 is 3.43. The maximum Gasteiger partial charge on any atom is 0.121 e. The Balaban J connectivity index is 1.52. The van der Waals surface area contributed by atoms with E-state index in [2.05, 4.69) is 99.5 Å². The van der Waals surface area contributed by atoms with Crippen LogP contribution in [0.2, 0.25) is 0 Å². The van der Waals surface area contributed by atoms with Crippen molar-refractivity contribution in [2.45, 2.75) is 25.2 Å². The monoisotopic (exact) mass is 552 g/mol. The second-order valence-electron chi connectivity index (χ2n) is 9.04. The molecule has 0 aliphatic heterocycles. The number of aryl methyl sites for hydroxylation is 1. The fourth-order valence-corrected chi connectivity index (χ4v) is 5.22. The topological polar surface area (TPSA) is 47.3 Å². The number of benzene rings is 4. The SMILES string of the molecule is Cc1nc(COC[C@H](O)c2ccc(Br)cc2)cn1C(c1ccccc1)(c1ccccc1)c1ccccc1. The first-order valence-electron chi connectivity index (χ1n) is 12.3. The zero-order valence-corrected chi connectivity index (χ0v) is 22.3. The first-order chi connectivity index (χ1) is 18.1. The lowest BCUT2D eigenvalue weighted by atomic mass is 9.76. The number of imidazole rings is 1. The van der Waals surface area contributed by atoms with Crippen molar-refractivity contribution in [3.63, 3.8) is 0 Å². The van der Waals surface area contributed by atoms with Crippen molar-refractivity contribution < 1.29 is 9.84 Å². The van der Waals surface area contributed by atoms with E-state index >= 15 is 0 Å². The van der Waals surface area contributed by atoms with Crippen molar-refractivity contribution in [3.05, 3.63) is 160 Å². The van der Waals surface area contributed by atoms with Gasteiger partial charge in [-0.3, -0.25) is 0 Å². The smallest absolute Gasteiger partial charge is 0.121 e. The van der Waals surface area contributed by atoms with Crippen LogP contribution in [0.3, 0.4) is 0 Å². The molecule has 0 aliphatic rings. The summed E-state index contributed by atoms with van der Waals surface area (Å²) in [5, 5.41) is 10.6. The summed E-state index contributed by atoms with van der Waals surface area (Å²) in [5.41, 5.74) is 4.45. The van der Waals surface area contributed by atoms with Gasteiger partial charge in [0.05, 0.1) is 18.9 Å². The maximum atomic E-state index is 10.6. The van der Waals surface area contributed by atoms with Gasteiger partial charge in [0.25, 0.3) is 0 Å². The van der Waals surface area contributed by atoms with Gasteiger partial charge < -0.3 is 14.4 Å². The molecule has 0 aliphatic carbocycles. The van der Waals surface area contributed by atoms with E-state index < -0.39 is 11.6 Å². The predicted molar refractivity (Wildman–Crippen MR) is 150 cm³/mol. The van der Waals surface area contributed by atoms with E-state index in [4.69, 9.17) is 9.72 Å². The second kappa shape index (κ2) is 11.3. The second-order valence-corrected chi connectivity index (χ2v) is 9.96. The minimum Gasteiger partial charge on any atom is -0.386 e. The third-order valence-electron chi connectivity index (χ3n) is 6.65. The quantitative estimate of drug-likeness (QED) is 0.199. The Morgan fingerprint density at radius 1 is 0.784 bits per heavy atom. The van der Waals surface area contributed by atoms with Crippen LogP contribution in [-0.4, -0.2) is 21.3 Å². The molecule has 5 aromatic rings. The number of ether oxygens (including phenoxy) is 1. The minimum atomic E-state index is -0.701. The standard InChI is InChI=1S/C32H29BrN2O2/c1-24-34-30(22-37-23-31(36)25-17-19-29(33)20-18-25)21-35(24)32(26-11-5-2-6-12-26,27-13-7-3-8-14-27)28-15-9-4-10-16-28/h2-21,31,36H,22-23H2,1H3/t31-/m0/s1. The van der Waals surface area contributed by atoms with Gasteiger partial charge in [-0.05, 0) is 41.3 Å². The molecule has 4 aromatic carbocycles. The first kappa shape index (κ1) is 25.2. The molecule has 1 heterocycles.